The highest BCUT2D eigenvalue weighted by Gasteiger charge is 2.32. The summed E-state index contributed by atoms with van der Waals surface area (Å²) in [6, 6.07) is 12.7. The molecular formula is C23H25F3N4O. The third-order valence-electron chi connectivity index (χ3n) is 5.22. The van der Waals surface area contributed by atoms with Crippen LogP contribution in [0.2, 0.25) is 0 Å². The van der Waals surface area contributed by atoms with E-state index in [9.17, 15) is 18.0 Å². The van der Waals surface area contributed by atoms with Gasteiger partial charge in [0.25, 0.3) is 0 Å². The number of hydrogen-bond donors (Lipinski definition) is 1. The molecule has 0 unspecified atom stereocenters. The number of rotatable bonds is 6. The van der Waals surface area contributed by atoms with Crippen LogP contribution in [0.5, 0.6) is 0 Å². The van der Waals surface area contributed by atoms with E-state index in [-0.39, 0.29) is 12.2 Å². The van der Waals surface area contributed by atoms with Crippen LogP contribution < -0.4 is 10.2 Å². The summed E-state index contributed by atoms with van der Waals surface area (Å²) in [6.07, 6.45) is -1.45. The maximum absolute atomic E-state index is 13.2. The minimum absolute atomic E-state index is 0.00642. The molecule has 0 atom stereocenters. The predicted molar refractivity (Wildman–Crippen MR) is 114 cm³/mol. The van der Waals surface area contributed by atoms with E-state index in [1.165, 1.54) is 6.07 Å². The lowest BCUT2D eigenvalue weighted by Crippen LogP contribution is -2.33. The molecule has 0 aromatic heterocycles. The fraction of sp³-hybridized carbons (Fsp3) is 0.391. The Labute approximate surface area is 180 Å². The van der Waals surface area contributed by atoms with Crippen molar-refractivity contribution in [3.05, 3.63) is 59.2 Å². The molecule has 1 amide bonds. The highest BCUT2D eigenvalue weighted by molar-refractivity contribution is 5.95. The van der Waals surface area contributed by atoms with E-state index in [1.807, 2.05) is 11.0 Å². The normalized spacial score (nSPS) is 14.4. The van der Waals surface area contributed by atoms with Crippen LogP contribution in [-0.2, 0) is 17.5 Å². The van der Waals surface area contributed by atoms with Gasteiger partial charge in [-0.3, -0.25) is 9.69 Å². The van der Waals surface area contributed by atoms with Gasteiger partial charge in [0.05, 0.1) is 35.1 Å². The molecule has 1 N–H and O–H groups in total. The largest absolute Gasteiger partial charge is 0.416 e. The Hall–Kier alpha value is -3.05. The molecule has 0 radical (unpaired) electrons. The Bertz CT molecular complexity index is 962. The minimum atomic E-state index is -4.48. The third kappa shape index (κ3) is 6.22. The number of carbonyl (C=O) groups excluding carboxylic acids is 1. The summed E-state index contributed by atoms with van der Waals surface area (Å²) in [5.41, 5.74) is 1.42. The molecule has 0 bridgehead atoms. The molecule has 0 saturated carbocycles. The first kappa shape index (κ1) is 22.6. The molecule has 3 rings (SSSR count). The van der Waals surface area contributed by atoms with Gasteiger partial charge in [-0.1, -0.05) is 12.1 Å². The minimum Gasteiger partial charge on any atom is -0.370 e. The number of nitrogens with one attached hydrogen (secondary N) is 1. The van der Waals surface area contributed by atoms with Gasteiger partial charge in [-0.2, -0.15) is 18.4 Å². The first-order valence-electron chi connectivity index (χ1n) is 10.2. The van der Waals surface area contributed by atoms with Crippen molar-refractivity contribution < 1.29 is 18.0 Å². The van der Waals surface area contributed by atoms with Crippen molar-refractivity contribution in [1.82, 2.24) is 4.90 Å². The highest BCUT2D eigenvalue weighted by atomic mass is 19.4. The van der Waals surface area contributed by atoms with Crippen molar-refractivity contribution in [2.24, 2.45) is 0 Å². The zero-order valence-corrected chi connectivity index (χ0v) is 17.4. The molecule has 1 aliphatic rings. The van der Waals surface area contributed by atoms with E-state index in [2.05, 4.69) is 11.4 Å². The number of anilines is 2. The number of nitrogens with zero attached hydrogens (tertiary/aromatic N) is 3. The molecule has 0 aliphatic carbocycles. The van der Waals surface area contributed by atoms with E-state index < -0.39 is 17.6 Å². The Balaban J connectivity index is 1.73. The van der Waals surface area contributed by atoms with Crippen molar-refractivity contribution in [2.75, 3.05) is 36.9 Å². The van der Waals surface area contributed by atoms with Crippen LogP contribution in [0.3, 0.4) is 0 Å². The molecule has 1 heterocycles. The predicted octanol–water partition coefficient (Wildman–Crippen LogP) is 4.64. The van der Waals surface area contributed by atoms with E-state index in [4.69, 9.17) is 5.26 Å². The van der Waals surface area contributed by atoms with Gasteiger partial charge < -0.3 is 10.2 Å². The van der Waals surface area contributed by atoms with Gasteiger partial charge in [-0.25, -0.2) is 0 Å². The average Bonchev–Trinajstić information content (AvgIpc) is 2.73. The SMILES string of the molecule is CN(CC(=O)Nc1cc(C(F)(F)F)ccc1N1CCCCC1)Cc1cccc(C#N)c1. The first-order chi connectivity index (χ1) is 14.8. The van der Waals surface area contributed by atoms with Gasteiger partial charge in [0.1, 0.15) is 0 Å². The monoisotopic (exact) mass is 430 g/mol. The van der Waals surface area contributed by atoms with Gasteiger partial charge in [0, 0.05) is 19.6 Å². The topological polar surface area (TPSA) is 59.4 Å². The van der Waals surface area contributed by atoms with Crippen molar-refractivity contribution in [3.8, 4) is 6.07 Å². The van der Waals surface area contributed by atoms with Crippen molar-refractivity contribution in [2.45, 2.75) is 32.0 Å². The lowest BCUT2D eigenvalue weighted by atomic mass is 10.1. The molecule has 1 aliphatic heterocycles. The van der Waals surface area contributed by atoms with Gasteiger partial charge in [-0.15, -0.1) is 0 Å². The summed E-state index contributed by atoms with van der Waals surface area (Å²) in [5, 5.41) is 11.7. The molecule has 0 spiro atoms. The number of alkyl halides is 3. The van der Waals surface area contributed by atoms with Crippen LogP contribution in [0.25, 0.3) is 0 Å². The van der Waals surface area contributed by atoms with Crippen LogP contribution in [0.15, 0.2) is 42.5 Å². The van der Waals surface area contributed by atoms with Crippen molar-refractivity contribution in [1.29, 1.82) is 5.26 Å². The number of nitriles is 1. The van der Waals surface area contributed by atoms with Crippen LogP contribution in [-0.4, -0.2) is 37.5 Å². The molecule has 1 fully saturated rings. The molecule has 1 saturated heterocycles. The molecular weight excluding hydrogens is 405 g/mol. The molecule has 8 heteroatoms. The molecule has 164 valence electrons. The lowest BCUT2D eigenvalue weighted by Gasteiger charge is -2.31. The zero-order chi connectivity index (χ0) is 22.4. The summed E-state index contributed by atoms with van der Waals surface area (Å²) in [4.78, 5) is 16.4. The van der Waals surface area contributed by atoms with E-state index in [0.29, 0.717) is 17.8 Å². The second kappa shape index (κ2) is 9.84. The number of carbonyl (C=O) groups is 1. The summed E-state index contributed by atoms with van der Waals surface area (Å²) >= 11 is 0. The van der Waals surface area contributed by atoms with Gasteiger partial charge in [-0.05, 0) is 62.2 Å². The van der Waals surface area contributed by atoms with Crippen LogP contribution in [0.1, 0.15) is 36.0 Å². The van der Waals surface area contributed by atoms with Crippen molar-refractivity contribution >= 4 is 17.3 Å². The van der Waals surface area contributed by atoms with Gasteiger partial charge in [0.2, 0.25) is 5.91 Å². The number of likely N-dealkylation sites (N-methyl/N-ethyl adjacent to an activating group) is 1. The molecule has 5 nitrogen and oxygen atoms in total. The fourth-order valence-corrected chi connectivity index (χ4v) is 3.76. The Kier molecular flexibility index (Phi) is 7.18. The molecule has 2 aromatic rings. The van der Waals surface area contributed by atoms with Gasteiger partial charge in [0.15, 0.2) is 0 Å². The number of benzene rings is 2. The lowest BCUT2D eigenvalue weighted by molar-refractivity contribution is -0.137. The number of piperidine rings is 1. The first-order valence-corrected chi connectivity index (χ1v) is 10.2. The maximum Gasteiger partial charge on any atom is 0.416 e. The number of hydrogen-bond acceptors (Lipinski definition) is 4. The van der Waals surface area contributed by atoms with Crippen molar-refractivity contribution in [3.63, 3.8) is 0 Å². The number of amides is 1. The standard InChI is InChI=1S/C23H25F3N4O/c1-29(15-18-7-5-6-17(12-18)14-27)16-22(31)28-20-13-19(23(24,25)26)8-9-21(20)30-10-3-2-4-11-30/h5-9,12-13H,2-4,10-11,15-16H2,1H3,(H,28,31). The summed E-state index contributed by atoms with van der Waals surface area (Å²) in [6.45, 7) is 1.95. The van der Waals surface area contributed by atoms with Crippen LogP contribution >= 0.6 is 0 Å². The Morgan fingerprint density at radius 1 is 1.16 bits per heavy atom. The van der Waals surface area contributed by atoms with E-state index >= 15 is 0 Å². The van der Waals surface area contributed by atoms with Gasteiger partial charge >= 0.3 is 6.18 Å². The zero-order valence-electron chi connectivity index (χ0n) is 17.4. The molecule has 31 heavy (non-hydrogen) atoms. The Morgan fingerprint density at radius 3 is 2.58 bits per heavy atom. The summed E-state index contributed by atoms with van der Waals surface area (Å²) < 4.78 is 39.7. The average molecular weight is 430 g/mol. The molecule has 2 aromatic carbocycles. The number of halogens is 3. The second-order valence-electron chi connectivity index (χ2n) is 7.81. The van der Waals surface area contributed by atoms with E-state index in [0.717, 1.165) is 50.0 Å². The maximum atomic E-state index is 13.2. The highest BCUT2D eigenvalue weighted by Crippen LogP contribution is 2.36. The fourth-order valence-electron chi connectivity index (χ4n) is 3.76. The quantitative estimate of drug-likeness (QED) is 0.726. The Morgan fingerprint density at radius 2 is 1.90 bits per heavy atom. The van der Waals surface area contributed by atoms with Crippen LogP contribution in [0, 0.1) is 11.3 Å². The third-order valence-corrected chi connectivity index (χ3v) is 5.22. The summed E-state index contributed by atoms with van der Waals surface area (Å²) in [7, 11) is 1.75. The smallest absolute Gasteiger partial charge is 0.370 e. The summed E-state index contributed by atoms with van der Waals surface area (Å²) in [5.74, 6) is -0.392. The second-order valence-corrected chi connectivity index (χ2v) is 7.81. The van der Waals surface area contributed by atoms with E-state index in [1.54, 1.807) is 30.1 Å². The van der Waals surface area contributed by atoms with Crippen LogP contribution in [0.4, 0.5) is 24.5 Å².